The first-order chi connectivity index (χ1) is 13.0. The Morgan fingerprint density at radius 3 is 2.64 bits per heavy atom. The molecule has 2 N–H and O–H groups in total. The van der Waals surface area contributed by atoms with Crippen LogP contribution in [0.15, 0.2) is 66.7 Å². The quantitative estimate of drug-likeness (QED) is 0.677. The van der Waals surface area contributed by atoms with Crippen LogP contribution >= 0.6 is 12.4 Å². The molecule has 0 aliphatic carbocycles. The highest BCUT2D eigenvalue weighted by Gasteiger charge is 2.26. The largest absolute Gasteiger partial charge is 0.382 e. The molecule has 0 aromatic heterocycles. The van der Waals surface area contributed by atoms with Crippen LogP contribution in [0.5, 0.6) is 5.75 Å². The lowest BCUT2D eigenvalue weighted by Crippen LogP contribution is -2.43. The van der Waals surface area contributed by atoms with Gasteiger partial charge in [-0.1, -0.05) is 60.7 Å². The van der Waals surface area contributed by atoms with Gasteiger partial charge in [0.15, 0.2) is 0 Å². The number of fused-ring (bicyclic) bond motifs is 2. The van der Waals surface area contributed by atoms with Crippen LogP contribution in [0.4, 0.5) is 0 Å². The van der Waals surface area contributed by atoms with Crippen LogP contribution in [0.2, 0.25) is 0 Å². The van der Waals surface area contributed by atoms with Crippen LogP contribution in [-0.2, 0) is 16.7 Å². The minimum atomic E-state index is -3.82. The molecule has 3 aromatic rings. The molecule has 0 amide bonds. The molecule has 1 unspecified atom stereocenters. The van der Waals surface area contributed by atoms with Crippen molar-refractivity contribution in [2.24, 2.45) is 0 Å². The van der Waals surface area contributed by atoms with E-state index in [1.165, 1.54) is 16.3 Å². The number of hydrogen-bond acceptors (Lipinski definition) is 4. The average Bonchev–Trinajstić information content (AvgIpc) is 2.79. The molecule has 1 heterocycles. The predicted molar refractivity (Wildman–Crippen MR) is 114 cm³/mol. The molecule has 3 aromatic carbocycles. The number of para-hydroxylation sites is 1. The van der Waals surface area contributed by atoms with E-state index in [1.807, 2.05) is 30.3 Å². The maximum Gasteiger partial charge on any atom is 0.382 e. The van der Waals surface area contributed by atoms with Gasteiger partial charge in [0.05, 0.1) is 0 Å². The van der Waals surface area contributed by atoms with Crippen molar-refractivity contribution in [1.82, 2.24) is 10.0 Å². The summed E-state index contributed by atoms with van der Waals surface area (Å²) in [4.78, 5) is 0. The lowest BCUT2D eigenvalue weighted by molar-refractivity contribution is 0.452. The fourth-order valence-corrected chi connectivity index (χ4v) is 4.60. The fourth-order valence-electron chi connectivity index (χ4n) is 3.58. The monoisotopic (exact) mass is 418 g/mol. The molecule has 4 rings (SSSR count). The molecule has 5 nitrogen and oxygen atoms in total. The van der Waals surface area contributed by atoms with Crippen LogP contribution < -0.4 is 14.2 Å². The van der Waals surface area contributed by atoms with Gasteiger partial charge in [0, 0.05) is 18.6 Å². The van der Waals surface area contributed by atoms with Crippen molar-refractivity contribution in [3.05, 3.63) is 77.9 Å². The molecule has 0 saturated carbocycles. The third kappa shape index (κ3) is 4.47. The molecule has 28 heavy (non-hydrogen) atoms. The van der Waals surface area contributed by atoms with Crippen molar-refractivity contribution in [2.45, 2.75) is 25.4 Å². The van der Waals surface area contributed by atoms with Crippen LogP contribution in [0.3, 0.4) is 0 Å². The van der Waals surface area contributed by atoms with Crippen molar-refractivity contribution < 1.29 is 12.6 Å². The van der Waals surface area contributed by atoms with Crippen molar-refractivity contribution >= 4 is 33.5 Å². The minimum absolute atomic E-state index is 0. The molecule has 1 aliphatic rings. The summed E-state index contributed by atoms with van der Waals surface area (Å²) in [5, 5.41) is 5.87. The van der Waals surface area contributed by atoms with Gasteiger partial charge in [-0.25, -0.2) is 0 Å². The number of hydrogen-bond donors (Lipinski definition) is 2. The maximum absolute atomic E-state index is 12.2. The van der Waals surface area contributed by atoms with Gasteiger partial charge in [0.25, 0.3) is 0 Å². The number of halogens is 1. The molecule has 0 fully saturated rings. The molecule has 0 spiro atoms. The van der Waals surface area contributed by atoms with Crippen molar-refractivity contribution in [3.8, 4) is 5.75 Å². The van der Waals surface area contributed by atoms with E-state index in [4.69, 9.17) is 4.18 Å². The highest BCUT2D eigenvalue weighted by Crippen LogP contribution is 2.26. The summed E-state index contributed by atoms with van der Waals surface area (Å²) in [5.41, 5.74) is 2.08. The van der Waals surface area contributed by atoms with Gasteiger partial charge in [0.2, 0.25) is 0 Å². The SMILES string of the molecule is C[C@@H](NCC1Cc2ccccc2OS(=O)(=O)N1)c1cccc2ccccc12.Cl. The van der Waals surface area contributed by atoms with E-state index in [0.717, 1.165) is 5.56 Å². The first-order valence-corrected chi connectivity index (χ1v) is 10.4. The minimum Gasteiger partial charge on any atom is -0.371 e. The first-order valence-electron chi connectivity index (χ1n) is 9.02. The smallest absolute Gasteiger partial charge is 0.371 e. The van der Waals surface area contributed by atoms with E-state index in [2.05, 4.69) is 41.2 Å². The summed E-state index contributed by atoms with van der Waals surface area (Å²) >= 11 is 0. The van der Waals surface area contributed by atoms with Crippen LogP contribution in [-0.4, -0.2) is 21.0 Å². The van der Waals surface area contributed by atoms with E-state index < -0.39 is 10.3 Å². The molecule has 7 heteroatoms. The molecule has 148 valence electrons. The molecule has 1 aliphatic heterocycles. The Morgan fingerprint density at radius 1 is 1.07 bits per heavy atom. The third-order valence-corrected chi connectivity index (χ3v) is 5.93. The third-order valence-electron chi connectivity index (χ3n) is 4.91. The van der Waals surface area contributed by atoms with Gasteiger partial charge in [0.1, 0.15) is 5.75 Å². The van der Waals surface area contributed by atoms with E-state index in [1.54, 1.807) is 12.1 Å². The second-order valence-corrected chi connectivity index (χ2v) is 8.17. The van der Waals surface area contributed by atoms with Gasteiger partial charge in [-0.3, -0.25) is 0 Å². The molecule has 0 bridgehead atoms. The Labute approximate surface area is 171 Å². The Morgan fingerprint density at radius 2 is 1.79 bits per heavy atom. The van der Waals surface area contributed by atoms with Gasteiger partial charge in [-0.15, -0.1) is 12.4 Å². The normalized spacial score (nSPS) is 19.0. The van der Waals surface area contributed by atoms with E-state index >= 15 is 0 Å². The Kier molecular flexibility index (Phi) is 6.25. The zero-order valence-electron chi connectivity index (χ0n) is 15.5. The van der Waals surface area contributed by atoms with E-state index in [9.17, 15) is 8.42 Å². The number of rotatable bonds is 4. The van der Waals surface area contributed by atoms with Crippen molar-refractivity contribution in [1.29, 1.82) is 0 Å². The van der Waals surface area contributed by atoms with Gasteiger partial charge in [-0.2, -0.15) is 13.1 Å². The lowest BCUT2D eigenvalue weighted by Gasteiger charge is -2.21. The molecule has 0 radical (unpaired) electrons. The molecule has 2 atom stereocenters. The van der Waals surface area contributed by atoms with Crippen LogP contribution in [0.1, 0.15) is 24.1 Å². The summed E-state index contributed by atoms with van der Waals surface area (Å²) in [6, 6.07) is 21.6. The summed E-state index contributed by atoms with van der Waals surface area (Å²) in [7, 11) is -3.82. The topological polar surface area (TPSA) is 67.4 Å². The van der Waals surface area contributed by atoms with Crippen LogP contribution in [0.25, 0.3) is 10.8 Å². The number of nitrogens with one attached hydrogen (secondary N) is 2. The molecular weight excluding hydrogens is 396 g/mol. The first kappa shape index (κ1) is 20.6. The Bertz CT molecular complexity index is 1070. The number of benzene rings is 3. The van der Waals surface area contributed by atoms with E-state index in [-0.39, 0.29) is 24.5 Å². The van der Waals surface area contributed by atoms with Crippen molar-refractivity contribution in [2.75, 3.05) is 6.54 Å². The maximum atomic E-state index is 12.2. The van der Waals surface area contributed by atoms with Gasteiger partial charge >= 0.3 is 10.3 Å². The highest BCUT2D eigenvalue weighted by molar-refractivity contribution is 7.85. The zero-order chi connectivity index (χ0) is 18.9. The highest BCUT2D eigenvalue weighted by atomic mass is 35.5. The van der Waals surface area contributed by atoms with E-state index in [0.29, 0.717) is 18.7 Å². The summed E-state index contributed by atoms with van der Waals surface area (Å²) < 4.78 is 32.1. The Hall–Kier alpha value is -2.12. The lowest BCUT2D eigenvalue weighted by atomic mass is 9.99. The summed E-state index contributed by atoms with van der Waals surface area (Å²) in [5.74, 6) is 0.398. The second-order valence-electron chi connectivity index (χ2n) is 6.86. The fraction of sp³-hybridized carbons (Fsp3) is 0.238. The van der Waals surface area contributed by atoms with Crippen LogP contribution in [0, 0.1) is 0 Å². The summed E-state index contributed by atoms with van der Waals surface area (Å²) in [6.07, 6.45) is 0.574. The summed E-state index contributed by atoms with van der Waals surface area (Å²) in [6.45, 7) is 2.60. The predicted octanol–water partition coefficient (Wildman–Crippen LogP) is 3.75. The zero-order valence-corrected chi connectivity index (χ0v) is 17.1. The molecular formula is C21H23ClN2O3S. The van der Waals surface area contributed by atoms with Gasteiger partial charge in [-0.05, 0) is 41.3 Å². The molecule has 0 saturated heterocycles. The Balaban J connectivity index is 0.00000225. The van der Waals surface area contributed by atoms with Crippen molar-refractivity contribution in [3.63, 3.8) is 0 Å². The standard InChI is InChI=1S/C21H22N2O3S.ClH/c1-15(19-11-6-9-16-7-2-4-10-20(16)19)22-14-18-13-17-8-3-5-12-21(17)26-27(24,25)23-18;/h2-12,15,18,22-23H,13-14H2,1H3;1H/t15-,18?;/m1./s1. The second kappa shape index (κ2) is 8.49. The van der Waals surface area contributed by atoms with Gasteiger partial charge < -0.3 is 9.50 Å². The average molecular weight is 419 g/mol.